The first-order chi connectivity index (χ1) is 7.22. The molecule has 0 N–H and O–H groups in total. The van der Waals surface area contributed by atoms with Crippen LogP contribution in [0.1, 0.15) is 12.5 Å². The van der Waals surface area contributed by atoms with Crippen LogP contribution in [0, 0.1) is 5.92 Å². The molecule has 0 amide bonds. The third-order valence-corrected chi connectivity index (χ3v) is 2.10. The van der Waals surface area contributed by atoms with Crippen LogP contribution >= 0.6 is 0 Å². The number of hydrogen-bond donors (Lipinski definition) is 0. The van der Waals surface area contributed by atoms with E-state index in [1.54, 1.807) is 0 Å². The van der Waals surface area contributed by atoms with E-state index in [-0.39, 0.29) is 5.97 Å². The van der Waals surface area contributed by atoms with E-state index in [4.69, 9.17) is 4.74 Å². The van der Waals surface area contributed by atoms with Crippen LogP contribution < -0.4 is 0 Å². The van der Waals surface area contributed by atoms with Gasteiger partial charge in [-0.1, -0.05) is 43.8 Å². The highest BCUT2D eigenvalue weighted by Crippen LogP contribution is 2.08. The van der Waals surface area contributed by atoms with Gasteiger partial charge in [0, 0.05) is 6.08 Å². The summed E-state index contributed by atoms with van der Waals surface area (Å²) in [6, 6.07) is 10.2. The van der Waals surface area contributed by atoms with Gasteiger partial charge in [-0.05, 0) is 17.9 Å². The summed E-state index contributed by atoms with van der Waals surface area (Å²) in [6.45, 7) is 5.85. The van der Waals surface area contributed by atoms with Crippen LogP contribution in [0.25, 0.3) is 0 Å². The SMILES string of the molecule is C=CC(=O)OC[C@@H](C)Cc1ccccc1. The molecule has 0 spiro atoms. The van der Waals surface area contributed by atoms with Gasteiger partial charge < -0.3 is 4.74 Å². The van der Waals surface area contributed by atoms with Gasteiger partial charge in [-0.2, -0.15) is 0 Å². The van der Waals surface area contributed by atoms with Gasteiger partial charge in [0.05, 0.1) is 6.61 Å². The number of carbonyl (C=O) groups excluding carboxylic acids is 1. The van der Waals surface area contributed by atoms with Crippen LogP contribution in [-0.2, 0) is 16.0 Å². The summed E-state index contributed by atoms with van der Waals surface area (Å²) in [4.78, 5) is 10.8. The maximum Gasteiger partial charge on any atom is 0.330 e. The van der Waals surface area contributed by atoms with Crippen LogP contribution in [0.4, 0.5) is 0 Å². The largest absolute Gasteiger partial charge is 0.462 e. The van der Waals surface area contributed by atoms with Crippen LogP contribution in [0.5, 0.6) is 0 Å². The average Bonchev–Trinajstić information content (AvgIpc) is 2.27. The smallest absolute Gasteiger partial charge is 0.330 e. The predicted octanol–water partition coefficient (Wildman–Crippen LogP) is 2.59. The molecule has 0 aliphatic heterocycles. The Labute approximate surface area is 90.6 Å². The van der Waals surface area contributed by atoms with Gasteiger partial charge in [-0.15, -0.1) is 0 Å². The Bertz CT molecular complexity index is 317. The third kappa shape index (κ3) is 4.45. The van der Waals surface area contributed by atoms with Gasteiger partial charge >= 0.3 is 5.97 Å². The molecule has 1 aromatic rings. The summed E-state index contributed by atoms with van der Waals surface area (Å²) in [5.41, 5.74) is 1.26. The predicted molar refractivity (Wildman–Crippen MR) is 60.5 cm³/mol. The van der Waals surface area contributed by atoms with E-state index in [1.807, 2.05) is 18.2 Å². The summed E-state index contributed by atoms with van der Waals surface area (Å²) in [5.74, 6) is -0.0220. The molecular weight excluding hydrogens is 188 g/mol. The van der Waals surface area contributed by atoms with E-state index in [2.05, 4.69) is 25.6 Å². The van der Waals surface area contributed by atoms with E-state index in [9.17, 15) is 4.79 Å². The van der Waals surface area contributed by atoms with E-state index in [0.717, 1.165) is 6.42 Å². The normalized spacial score (nSPS) is 11.8. The van der Waals surface area contributed by atoms with Crippen LogP contribution in [0.2, 0.25) is 0 Å². The number of benzene rings is 1. The van der Waals surface area contributed by atoms with Crippen molar-refractivity contribution in [2.75, 3.05) is 6.61 Å². The summed E-state index contributed by atoms with van der Waals surface area (Å²) in [6.07, 6.45) is 2.11. The maximum atomic E-state index is 10.8. The van der Waals surface area contributed by atoms with Crippen molar-refractivity contribution in [3.05, 3.63) is 48.6 Å². The van der Waals surface area contributed by atoms with Crippen molar-refractivity contribution in [2.45, 2.75) is 13.3 Å². The van der Waals surface area contributed by atoms with Crippen molar-refractivity contribution in [1.82, 2.24) is 0 Å². The maximum absolute atomic E-state index is 10.8. The van der Waals surface area contributed by atoms with Crippen molar-refractivity contribution in [3.8, 4) is 0 Å². The topological polar surface area (TPSA) is 26.3 Å². The first kappa shape index (κ1) is 11.5. The van der Waals surface area contributed by atoms with E-state index in [1.165, 1.54) is 11.6 Å². The average molecular weight is 204 g/mol. The molecule has 0 aliphatic carbocycles. The molecule has 0 bridgehead atoms. The second-order valence-corrected chi connectivity index (χ2v) is 3.63. The Morgan fingerprint density at radius 2 is 2.13 bits per heavy atom. The van der Waals surface area contributed by atoms with Gasteiger partial charge in [-0.25, -0.2) is 4.79 Å². The van der Waals surface area contributed by atoms with Crippen molar-refractivity contribution < 1.29 is 9.53 Å². The van der Waals surface area contributed by atoms with Crippen LogP contribution in [0.3, 0.4) is 0 Å². The number of esters is 1. The van der Waals surface area contributed by atoms with Crippen LogP contribution in [0.15, 0.2) is 43.0 Å². The van der Waals surface area contributed by atoms with E-state index >= 15 is 0 Å². The Morgan fingerprint density at radius 3 is 2.73 bits per heavy atom. The minimum Gasteiger partial charge on any atom is -0.462 e. The molecule has 0 saturated carbocycles. The Balaban J connectivity index is 2.33. The van der Waals surface area contributed by atoms with E-state index < -0.39 is 0 Å². The number of rotatable bonds is 5. The van der Waals surface area contributed by atoms with E-state index in [0.29, 0.717) is 12.5 Å². The van der Waals surface area contributed by atoms with Gasteiger partial charge in [0.15, 0.2) is 0 Å². The summed E-state index contributed by atoms with van der Waals surface area (Å²) in [5, 5.41) is 0. The lowest BCUT2D eigenvalue weighted by molar-refractivity contribution is -0.138. The first-order valence-electron chi connectivity index (χ1n) is 5.05. The number of carbonyl (C=O) groups is 1. The molecule has 2 heteroatoms. The molecule has 80 valence electrons. The van der Waals surface area contributed by atoms with Crippen molar-refractivity contribution in [2.24, 2.45) is 5.92 Å². The molecular formula is C13H16O2. The molecule has 0 saturated heterocycles. The lowest BCUT2D eigenvalue weighted by Gasteiger charge is -2.10. The van der Waals surface area contributed by atoms with Gasteiger partial charge in [-0.3, -0.25) is 0 Å². The molecule has 0 heterocycles. The lowest BCUT2D eigenvalue weighted by atomic mass is 10.0. The van der Waals surface area contributed by atoms with Crippen molar-refractivity contribution >= 4 is 5.97 Å². The highest BCUT2D eigenvalue weighted by Gasteiger charge is 2.05. The zero-order valence-corrected chi connectivity index (χ0v) is 8.98. The fourth-order valence-corrected chi connectivity index (χ4v) is 1.36. The summed E-state index contributed by atoms with van der Waals surface area (Å²) in [7, 11) is 0. The van der Waals surface area contributed by atoms with Gasteiger partial charge in [0.25, 0.3) is 0 Å². The summed E-state index contributed by atoms with van der Waals surface area (Å²) < 4.78 is 4.97. The second kappa shape index (κ2) is 6.02. The van der Waals surface area contributed by atoms with Crippen molar-refractivity contribution in [3.63, 3.8) is 0 Å². The number of ether oxygens (including phenoxy) is 1. The third-order valence-electron chi connectivity index (χ3n) is 2.10. The minimum atomic E-state index is -0.352. The van der Waals surface area contributed by atoms with Crippen LogP contribution in [-0.4, -0.2) is 12.6 Å². The quantitative estimate of drug-likeness (QED) is 0.544. The highest BCUT2D eigenvalue weighted by atomic mass is 16.5. The van der Waals surface area contributed by atoms with Crippen molar-refractivity contribution in [1.29, 1.82) is 0 Å². The monoisotopic (exact) mass is 204 g/mol. The fraction of sp³-hybridized carbons (Fsp3) is 0.308. The second-order valence-electron chi connectivity index (χ2n) is 3.63. The Morgan fingerprint density at radius 1 is 1.47 bits per heavy atom. The Hall–Kier alpha value is -1.57. The molecule has 0 aliphatic rings. The molecule has 0 aromatic heterocycles. The van der Waals surface area contributed by atoms with Gasteiger partial charge in [0.2, 0.25) is 0 Å². The highest BCUT2D eigenvalue weighted by molar-refractivity contribution is 5.81. The Kier molecular flexibility index (Phi) is 4.61. The molecule has 1 atom stereocenters. The standard InChI is InChI=1S/C13H16O2/c1-3-13(14)15-10-11(2)9-12-7-5-4-6-8-12/h3-8,11H,1,9-10H2,2H3/t11-/m0/s1. The minimum absolute atomic E-state index is 0.330. The first-order valence-corrected chi connectivity index (χ1v) is 5.05. The molecule has 1 aromatic carbocycles. The zero-order chi connectivity index (χ0) is 11.1. The summed E-state index contributed by atoms with van der Waals surface area (Å²) >= 11 is 0. The fourth-order valence-electron chi connectivity index (χ4n) is 1.36. The van der Waals surface area contributed by atoms with Gasteiger partial charge in [0.1, 0.15) is 0 Å². The molecule has 0 fully saturated rings. The lowest BCUT2D eigenvalue weighted by Crippen LogP contribution is -2.12. The molecule has 15 heavy (non-hydrogen) atoms. The molecule has 1 rings (SSSR count). The molecule has 0 radical (unpaired) electrons. The molecule has 2 nitrogen and oxygen atoms in total. The zero-order valence-electron chi connectivity index (χ0n) is 8.98. The molecule has 0 unspecified atom stereocenters. The number of hydrogen-bond acceptors (Lipinski definition) is 2.